The zero-order valence-electron chi connectivity index (χ0n) is 37.8. The largest absolute Gasteiger partial charge is 0.493 e. The molecule has 1 aliphatic rings. The van der Waals surface area contributed by atoms with E-state index in [9.17, 15) is 14.4 Å². The number of amides is 2. The molecule has 4 aromatic heterocycles. The molecule has 1 unspecified atom stereocenters. The third-order valence-electron chi connectivity index (χ3n) is 10.6. The number of halogens is 2. The number of rotatable bonds is 20. The van der Waals surface area contributed by atoms with E-state index in [1.54, 1.807) is 34.4 Å². The number of carbonyl (C=O) groups excluding carboxylic acids is 3. The number of aryl methyl sites for hydroxylation is 2. The van der Waals surface area contributed by atoms with Gasteiger partial charge in [0.25, 0.3) is 0 Å². The zero-order chi connectivity index (χ0) is 47.1. The molecule has 0 saturated carbocycles. The van der Waals surface area contributed by atoms with E-state index in [0.717, 1.165) is 38.8 Å². The molecule has 0 spiro atoms. The lowest BCUT2D eigenvalue weighted by Gasteiger charge is -2.25. The van der Waals surface area contributed by atoms with Crippen LogP contribution in [0.5, 0.6) is 5.75 Å². The zero-order valence-corrected chi connectivity index (χ0v) is 41.0. The van der Waals surface area contributed by atoms with Crippen molar-refractivity contribution in [2.45, 2.75) is 80.4 Å². The molecule has 2 atom stereocenters. The number of nitrogens with zero attached hydrogens (tertiary/aromatic N) is 8. The van der Waals surface area contributed by atoms with Crippen molar-refractivity contribution in [1.29, 1.82) is 0 Å². The van der Waals surface area contributed by atoms with Crippen molar-refractivity contribution in [1.82, 2.24) is 45.4 Å². The topological polar surface area (TPSA) is 190 Å². The SMILES string of the molecule is CCOC(=O)CNC(=O)Cc1csc(-c2ccc(OCC(C)(C)COCC(C)Cn3cc(CNC(=O)C[C@@H]4N=C(c5ccc(Cl)cc5)c5c(sc(C)c5C)-n5c(C)nnc54)nn3)cc2Cl)n1. The van der Waals surface area contributed by atoms with Gasteiger partial charge in [-0.3, -0.25) is 28.6 Å². The van der Waals surface area contributed by atoms with Crippen LogP contribution in [0.1, 0.15) is 84.8 Å². The van der Waals surface area contributed by atoms with Crippen LogP contribution in [0.25, 0.3) is 15.6 Å². The Morgan fingerprint density at radius 1 is 0.970 bits per heavy atom. The van der Waals surface area contributed by atoms with Gasteiger partial charge in [-0.1, -0.05) is 61.3 Å². The molecule has 0 aliphatic carbocycles. The minimum atomic E-state index is -0.583. The van der Waals surface area contributed by atoms with E-state index in [2.05, 4.69) is 70.7 Å². The van der Waals surface area contributed by atoms with Crippen LogP contribution in [0, 0.1) is 32.1 Å². The fourth-order valence-electron chi connectivity index (χ4n) is 7.19. The molecule has 20 heteroatoms. The van der Waals surface area contributed by atoms with Crippen molar-refractivity contribution in [3.8, 4) is 21.3 Å². The molecule has 6 aromatic rings. The van der Waals surface area contributed by atoms with Gasteiger partial charge in [0.1, 0.15) is 39.9 Å². The molecule has 1 aliphatic heterocycles. The van der Waals surface area contributed by atoms with Gasteiger partial charge >= 0.3 is 5.97 Å². The summed E-state index contributed by atoms with van der Waals surface area (Å²) in [4.78, 5) is 48.2. The van der Waals surface area contributed by atoms with Crippen molar-refractivity contribution >= 4 is 69.4 Å². The first-order chi connectivity index (χ1) is 31.6. The fraction of sp³-hybridized carbons (Fsp3) is 0.413. The Bertz CT molecular complexity index is 2730. The summed E-state index contributed by atoms with van der Waals surface area (Å²) in [6, 6.07) is 12.5. The van der Waals surface area contributed by atoms with Crippen LogP contribution >= 0.6 is 45.9 Å². The van der Waals surface area contributed by atoms with Crippen molar-refractivity contribution in [3.63, 3.8) is 0 Å². The van der Waals surface area contributed by atoms with E-state index in [4.69, 9.17) is 42.4 Å². The third kappa shape index (κ3) is 12.1. The van der Waals surface area contributed by atoms with Gasteiger partial charge in [0.15, 0.2) is 5.82 Å². The number of thiazole rings is 1. The molecule has 2 N–H and O–H groups in total. The molecule has 0 fully saturated rings. The molecule has 5 heterocycles. The standard InChI is InChI=1S/C46H52Cl2N10O6S2/c1-8-63-40(61)19-50-38(59)15-32-23-65-44(51-32)35-14-13-34(16-36(35)48)64-25-46(6,7)24-62-22-26(2)20-57-21-33(54-56-57)18-49-39(60)17-37-43-55-53-29(5)58(43)45-41(27(3)28(4)66-45)42(52-37)30-9-11-31(47)12-10-30/h9-14,16,21,23,26,37H,8,15,17-20,22,24-25H2,1-7H3,(H,49,60)(H,50,59)/t26?,37-/m0/s1. The number of carbonyl (C=O) groups is 3. The Morgan fingerprint density at radius 2 is 1.76 bits per heavy atom. The fourth-order valence-corrected chi connectivity index (χ4v) is 9.70. The number of esters is 1. The van der Waals surface area contributed by atoms with Crippen molar-refractivity contribution in [2.75, 3.05) is 33.0 Å². The summed E-state index contributed by atoms with van der Waals surface area (Å²) in [5.74, 6) is 1.06. The Morgan fingerprint density at radius 3 is 2.52 bits per heavy atom. The second kappa shape index (κ2) is 21.4. The molecule has 66 heavy (non-hydrogen) atoms. The summed E-state index contributed by atoms with van der Waals surface area (Å²) >= 11 is 15.9. The smallest absolute Gasteiger partial charge is 0.325 e. The van der Waals surface area contributed by atoms with Gasteiger partial charge in [0, 0.05) is 43.9 Å². The molecule has 2 aromatic carbocycles. The molecular formula is C46H52Cl2N10O6S2. The number of aromatic nitrogens is 7. The first-order valence-electron chi connectivity index (χ1n) is 21.5. The molecular weight excluding hydrogens is 924 g/mol. The highest BCUT2D eigenvalue weighted by Gasteiger charge is 2.32. The number of hydrogen-bond donors (Lipinski definition) is 2. The third-order valence-corrected chi connectivity index (χ3v) is 13.3. The molecule has 2 amide bonds. The highest BCUT2D eigenvalue weighted by molar-refractivity contribution is 7.15. The highest BCUT2D eigenvalue weighted by atomic mass is 35.5. The number of nitrogens with one attached hydrogen (secondary N) is 2. The van der Waals surface area contributed by atoms with Crippen LogP contribution < -0.4 is 15.4 Å². The van der Waals surface area contributed by atoms with E-state index in [1.165, 1.54) is 16.2 Å². The average Bonchev–Trinajstić information content (AvgIpc) is 4.06. The lowest BCUT2D eigenvalue weighted by Crippen LogP contribution is -2.31. The second-order valence-corrected chi connectivity index (χ2v) is 19.8. The van der Waals surface area contributed by atoms with Crippen molar-refractivity contribution < 1.29 is 28.6 Å². The normalized spacial score (nSPS) is 13.9. The van der Waals surface area contributed by atoms with Gasteiger partial charge < -0.3 is 24.8 Å². The van der Waals surface area contributed by atoms with E-state index in [-0.39, 0.29) is 55.7 Å². The van der Waals surface area contributed by atoms with Gasteiger partial charge in [0.2, 0.25) is 11.8 Å². The van der Waals surface area contributed by atoms with Crippen molar-refractivity contribution in [3.05, 3.63) is 109 Å². The lowest BCUT2D eigenvalue weighted by molar-refractivity contribution is -0.143. The summed E-state index contributed by atoms with van der Waals surface area (Å²) in [6.45, 7) is 16.2. The predicted octanol–water partition coefficient (Wildman–Crippen LogP) is 7.85. The van der Waals surface area contributed by atoms with E-state index < -0.39 is 12.0 Å². The first kappa shape index (κ1) is 48.4. The Kier molecular flexibility index (Phi) is 15.7. The minimum Gasteiger partial charge on any atom is -0.493 e. The number of thiophene rings is 1. The molecule has 16 nitrogen and oxygen atoms in total. The summed E-state index contributed by atoms with van der Waals surface area (Å²) in [7, 11) is 0. The van der Waals surface area contributed by atoms with Gasteiger partial charge in [-0.05, 0) is 69.5 Å². The Balaban J connectivity index is 0.859. The molecule has 0 saturated heterocycles. The van der Waals surface area contributed by atoms with Crippen LogP contribution in [-0.4, -0.2) is 91.2 Å². The van der Waals surface area contributed by atoms with Crippen LogP contribution in [0.2, 0.25) is 10.0 Å². The van der Waals surface area contributed by atoms with E-state index in [0.29, 0.717) is 64.4 Å². The summed E-state index contributed by atoms with van der Waals surface area (Å²) < 4.78 is 20.9. The quantitative estimate of drug-likeness (QED) is 0.0709. The van der Waals surface area contributed by atoms with E-state index in [1.807, 2.05) is 54.1 Å². The number of fused-ring (bicyclic) bond motifs is 3. The maximum absolute atomic E-state index is 13.5. The number of ether oxygens (including phenoxy) is 3. The van der Waals surface area contributed by atoms with Gasteiger partial charge in [-0.15, -0.1) is 38.0 Å². The molecule has 0 radical (unpaired) electrons. The van der Waals surface area contributed by atoms with E-state index >= 15 is 0 Å². The minimum absolute atomic E-state index is 0.0320. The Hall–Kier alpha value is -5.53. The summed E-state index contributed by atoms with van der Waals surface area (Å²) in [6.07, 6.45) is 1.93. The highest BCUT2D eigenvalue weighted by Crippen LogP contribution is 2.40. The van der Waals surface area contributed by atoms with Gasteiger partial charge in [0.05, 0.1) is 68.4 Å². The average molecular weight is 976 g/mol. The summed E-state index contributed by atoms with van der Waals surface area (Å²) in [5.41, 5.74) is 5.45. The van der Waals surface area contributed by atoms with Gasteiger partial charge in [-0.2, -0.15) is 0 Å². The van der Waals surface area contributed by atoms with Crippen LogP contribution in [0.3, 0.4) is 0 Å². The molecule has 0 bridgehead atoms. The number of hydrogen-bond acceptors (Lipinski definition) is 14. The number of aliphatic imine (C=N–C) groups is 1. The van der Waals surface area contributed by atoms with Crippen LogP contribution in [-0.2, 0) is 43.4 Å². The first-order valence-corrected chi connectivity index (χ1v) is 23.9. The summed E-state index contributed by atoms with van der Waals surface area (Å²) in [5, 5.41) is 27.6. The van der Waals surface area contributed by atoms with Crippen LogP contribution in [0.4, 0.5) is 0 Å². The second-order valence-electron chi connectivity index (χ2n) is 16.9. The maximum atomic E-state index is 13.5. The van der Waals surface area contributed by atoms with Crippen molar-refractivity contribution in [2.24, 2.45) is 16.3 Å². The maximum Gasteiger partial charge on any atom is 0.325 e. The monoisotopic (exact) mass is 974 g/mol. The lowest BCUT2D eigenvalue weighted by atomic mass is 9.96. The molecule has 7 rings (SSSR count). The van der Waals surface area contributed by atoms with Gasteiger partial charge in [-0.25, -0.2) is 4.98 Å². The predicted molar refractivity (Wildman–Crippen MR) is 255 cm³/mol. The Labute approximate surface area is 401 Å². The molecule has 348 valence electrons. The number of benzene rings is 2. The van der Waals surface area contributed by atoms with Crippen LogP contribution in [0.15, 0.2) is 59.0 Å².